The highest BCUT2D eigenvalue weighted by molar-refractivity contribution is 7.93. The van der Waals surface area contributed by atoms with Crippen LogP contribution < -0.4 is 4.31 Å². The van der Waals surface area contributed by atoms with Gasteiger partial charge in [-0.05, 0) is 37.1 Å². The van der Waals surface area contributed by atoms with Gasteiger partial charge < -0.3 is 0 Å². The zero-order chi connectivity index (χ0) is 17.8. The first-order valence-electron chi connectivity index (χ1n) is 7.74. The molecule has 2 heterocycles. The number of hydrogen-bond donors (Lipinski definition) is 0. The molecule has 0 radical (unpaired) electrons. The van der Waals surface area contributed by atoms with E-state index in [1.807, 2.05) is 13.0 Å². The fraction of sp³-hybridized carbons (Fsp3) is 0.167. The molecule has 1 aromatic heterocycles. The average molecular weight is 360 g/mol. The van der Waals surface area contributed by atoms with E-state index in [9.17, 15) is 17.2 Å². The minimum absolute atomic E-state index is 0.0301. The number of rotatable bonds is 2. The number of sulfonamides is 1. The number of aromatic nitrogens is 1. The van der Waals surface area contributed by atoms with E-state index in [1.165, 1.54) is 6.07 Å². The number of nitrogens with zero attached hydrogens (tertiary/aromatic N) is 2. The monoisotopic (exact) mass is 360 g/mol. The van der Waals surface area contributed by atoms with Gasteiger partial charge >= 0.3 is 0 Å². The first kappa shape index (κ1) is 16.0. The van der Waals surface area contributed by atoms with Crippen LogP contribution in [0.4, 0.5) is 14.5 Å². The number of anilines is 1. The molecule has 0 saturated heterocycles. The van der Waals surface area contributed by atoms with Crippen LogP contribution in [0, 0.1) is 18.6 Å². The van der Waals surface area contributed by atoms with Gasteiger partial charge in [0.25, 0.3) is 10.0 Å². The van der Waals surface area contributed by atoms with E-state index >= 15 is 0 Å². The second-order valence-electron chi connectivity index (χ2n) is 6.05. The molecule has 2 aromatic carbocycles. The van der Waals surface area contributed by atoms with Crippen molar-refractivity contribution in [3.63, 3.8) is 0 Å². The third-order valence-electron chi connectivity index (χ3n) is 4.35. The standard InChI is InChI=1S/C18H14F2N2O2S/c1-11-7-12-3-2-4-17(18(12)21-10-11)25(23,24)22-6-5-14-15(20)8-13(19)9-16(14)22/h2-4,7-10H,5-6H2,1H3. The Hall–Kier alpha value is -2.54. The largest absolute Gasteiger partial charge is 0.266 e. The van der Waals surface area contributed by atoms with Gasteiger partial charge in [-0.2, -0.15) is 0 Å². The minimum atomic E-state index is -3.99. The second-order valence-corrected chi connectivity index (χ2v) is 7.88. The van der Waals surface area contributed by atoms with Crippen LogP contribution in [0.1, 0.15) is 11.1 Å². The molecule has 25 heavy (non-hydrogen) atoms. The molecule has 0 fully saturated rings. The van der Waals surface area contributed by atoms with Crippen LogP contribution in [-0.2, 0) is 16.4 Å². The van der Waals surface area contributed by atoms with E-state index in [0.29, 0.717) is 10.9 Å². The van der Waals surface area contributed by atoms with Gasteiger partial charge in [-0.15, -0.1) is 0 Å². The molecular weight excluding hydrogens is 346 g/mol. The van der Waals surface area contributed by atoms with E-state index in [4.69, 9.17) is 0 Å². The van der Waals surface area contributed by atoms with Crippen LogP contribution >= 0.6 is 0 Å². The van der Waals surface area contributed by atoms with Gasteiger partial charge in [0.15, 0.2) is 0 Å². The molecule has 1 aliphatic heterocycles. The summed E-state index contributed by atoms with van der Waals surface area (Å²) >= 11 is 0. The highest BCUT2D eigenvalue weighted by Crippen LogP contribution is 2.36. The van der Waals surface area contributed by atoms with Crippen molar-refractivity contribution in [1.82, 2.24) is 4.98 Å². The van der Waals surface area contributed by atoms with Crippen LogP contribution in [0.3, 0.4) is 0 Å². The lowest BCUT2D eigenvalue weighted by Crippen LogP contribution is -2.29. The van der Waals surface area contributed by atoms with Crippen molar-refractivity contribution in [2.75, 3.05) is 10.8 Å². The van der Waals surface area contributed by atoms with Gasteiger partial charge in [0, 0.05) is 29.8 Å². The van der Waals surface area contributed by atoms with Gasteiger partial charge in [0.2, 0.25) is 0 Å². The molecule has 4 rings (SSSR count). The summed E-state index contributed by atoms with van der Waals surface area (Å²) in [6.45, 7) is 1.94. The molecule has 1 aliphatic rings. The average Bonchev–Trinajstić information content (AvgIpc) is 2.98. The number of para-hydroxylation sites is 1. The molecule has 0 atom stereocenters. The number of pyridine rings is 1. The van der Waals surface area contributed by atoms with E-state index in [2.05, 4.69) is 4.98 Å². The van der Waals surface area contributed by atoms with Gasteiger partial charge in [-0.25, -0.2) is 17.2 Å². The Morgan fingerprint density at radius 2 is 1.96 bits per heavy atom. The first-order valence-corrected chi connectivity index (χ1v) is 9.18. The van der Waals surface area contributed by atoms with E-state index in [1.54, 1.807) is 18.3 Å². The maximum Gasteiger partial charge on any atom is 0.266 e. The predicted octanol–water partition coefficient (Wildman–Crippen LogP) is 3.57. The van der Waals surface area contributed by atoms with Crippen molar-refractivity contribution in [3.8, 4) is 0 Å². The highest BCUT2D eigenvalue weighted by Gasteiger charge is 2.34. The third-order valence-corrected chi connectivity index (χ3v) is 6.19. The van der Waals surface area contributed by atoms with Crippen molar-refractivity contribution < 1.29 is 17.2 Å². The van der Waals surface area contributed by atoms with Crippen LogP contribution in [0.5, 0.6) is 0 Å². The first-order chi connectivity index (χ1) is 11.9. The third kappa shape index (κ3) is 2.46. The summed E-state index contributed by atoms with van der Waals surface area (Å²) in [7, 11) is -3.99. The van der Waals surface area contributed by atoms with Crippen molar-refractivity contribution in [2.45, 2.75) is 18.2 Å². The minimum Gasteiger partial charge on any atom is -0.265 e. The molecule has 7 heteroatoms. The topological polar surface area (TPSA) is 50.3 Å². The Kier molecular flexibility index (Phi) is 3.50. The lowest BCUT2D eigenvalue weighted by Gasteiger charge is -2.20. The maximum absolute atomic E-state index is 13.9. The fourth-order valence-electron chi connectivity index (χ4n) is 3.21. The van der Waals surface area contributed by atoms with E-state index in [0.717, 1.165) is 22.0 Å². The molecule has 0 unspecified atom stereocenters. The lowest BCUT2D eigenvalue weighted by molar-refractivity contribution is 0.577. The lowest BCUT2D eigenvalue weighted by atomic mass is 10.1. The van der Waals surface area contributed by atoms with Gasteiger partial charge in [0.05, 0.1) is 11.2 Å². The van der Waals surface area contributed by atoms with Crippen molar-refractivity contribution in [1.29, 1.82) is 0 Å². The number of aryl methyl sites for hydroxylation is 1. The zero-order valence-electron chi connectivity index (χ0n) is 13.3. The Balaban J connectivity index is 1.91. The molecule has 0 spiro atoms. The normalized spacial score (nSPS) is 14.1. The summed E-state index contributed by atoms with van der Waals surface area (Å²) in [5.41, 5.74) is 1.53. The quantitative estimate of drug-likeness (QED) is 0.702. The Morgan fingerprint density at radius 3 is 2.76 bits per heavy atom. The summed E-state index contributed by atoms with van der Waals surface area (Å²) < 4.78 is 54.9. The summed E-state index contributed by atoms with van der Waals surface area (Å²) in [6, 6.07) is 8.57. The van der Waals surface area contributed by atoms with Gasteiger partial charge in [0.1, 0.15) is 16.5 Å². The number of hydrogen-bond acceptors (Lipinski definition) is 3. The van der Waals surface area contributed by atoms with E-state index < -0.39 is 21.7 Å². The maximum atomic E-state index is 13.9. The smallest absolute Gasteiger partial charge is 0.265 e. The fourth-order valence-corrected chi connectivity index (χ4v) is 4.87. The predicted molar refractivity (Wildman–Crippen MR) is 91.1 cm³/mol. The molecular formula is C18H14F2N2O2S. The van der Waals surface area contributed by atoms with E-state index in [-0.39, 0.29) is 29.1 Å². The van der Waals surface area contributed by atoms with Crippen LogP contribution in [-0.4, -0.2) is 19.9 Å². The van der Waals surface area contributed by atoms with Gasteiger partial charge in [-0.1, -0.05) is 12.1 Å². The Bertz CT molecular complexity index is 1110. The molecule has 0 bridgehead atoms. The van der Waals surface area contributed by atoms with Crippen LogP contribution in [0.15, 0.2) is 47.5 Å². The van der Waals surface area contributed by atoms with Crippen LogP contribution in [0.2, 0.25) is 0 Å². The Morgan fingerprint density at radius 1 is 1.16 bits per heavy atom. The Labute approximate surface area is 143 Å². The van der Waals surface area contributed by atoms with Crippen molar-refractivity contribution >= 4 is 26.6 Å². The molecule has 4 nitrogen and oxygen atoms in total. The summed E-state index contributed by atoms with van der Waals surface area (Å²) in [4.78, 5) is 4.29. The number of benzene rings is 2. The van der Waals surface area contributed by atoms with Crippen molar-refractivity contribution in [3.05, 3.63) is 65.4 Å². The number of halogens is 2. The molecule has 0 saturated carbocycles. The SMILES string of the molecule is Cc1cnc2c(S(=O)(=O)N3CCc4c(F)cc(F)cc43)cccc2c1. The van der Waals surface area contributed by atoms with Crippen LogP contribution in [0.25, 0.3) is 10.9 Å². The highest BCUT2D eigenvalue weighted by atomic mass is 32.2. The summed E-state index contributed by atoms with van der Waals surface area (Å²) in [6.07, 6.45) is 1.80. The van der Waals surface area contributed by atoms with Gasteiger partial charge in [-0.3, -0.25) is 9.29 Å². The summed E-state index contributed by atoms with van der Waals surface area (Å²) in [5.74, 6) is -1.52. The van der Waals surface area contributed by atoms with Crippen molar-refractivity contribution in [2.24, 2.45) is 0 Å². The second kappa shape index (κ2) is 5.49. The zero-order valence-corrected chi connectivity index (χ0v) is 14.1. The molecule has 0 amide bonds. The molecule has 128 valence electrons. The summed E-state index contributed by atoms with van der Waals surface area (Å²) in [5, 5.41) is 0.700. The molecule has 0 N–H and O–H groups in total. The molecule has 0 aliphatic carbocycles. The number of fused-ring (bicyclic) bond motifs is 2. The molecule has 3 aromatic rings.